The molecular formula is C32H26Cl3F3N4O4S. The number of hydrogen-bond acceptors (Lipinski definition) is 6. The van der Waals surface area contributed by atoms with E-state index in [1.54, 1.807) is 48.5 Å². The summed E-state index contributed by atoms with van der Waals surface area (Å²) < 4.78 is 68.2. The first-order chi connectivity index (χ1) is 22.3. The summed E-state index contributed by atoms with van der Waals surface area (Å²) in [6.45, 7) is 0.0671. The summed E-state index contributed by atoms with van der Waals surface area (Å²) in [6.07, 6.45) is -4.62. The Labute approximate surface area is 284 Å². The van der Waals surface area contributed by atoms with Crippen molar-refractivity contribution in [2.24, 2.45) is 0 Å². The second-order valence-corrected chi connectivity index (χ2v) is 13.3. The van der Waals surface area contributed by atoms with E-state index < -0.39 is 33.6 Å². The summed E-state index contributed by atoms with van der Waals surface area (Å²) >= 11 is 18.0. The van der Waals surface area contributed by atoms with Crippen LogP contribution in [0, 0.1) is 0 Å². The third-order valence-electron chi connectivity index (χ3n) is 7.59. The summed E-state index contributed by atoms with van der Waals surface area (Å²) in [4.78, 5) is 34.2. The SMILES string of the molecule is O=C(c1ccccc1CCl)N(C(=O)c1ccccc1CCl)c1ccc(S(=O)(=O)N2CCN(c3cc(C(F)(F)F)cc(Cl)n3)CC2)cc1. The van der Waals surface area contributed by atoms with Crippen LogP contribution >= 0.6 is 34.8 Å². The van der Waals surface area contributed by atoms with Crippen LogP contribution in [0.15, 0.2) is 89.8 Å². The number of piperazine rings is 1. The Balaban J connectivity index is 1.41. The molecule has 1 saturated heterocycles. The molecular weight excluding hydrogens is 700 g/mol. The summed E-state index contributed by atoms with van der Waals surface area (Å²) in [5, 5.41) is -0.326. The Morgan fingerprint density at radius 1 is 0.787 bits per heavy atom. The quantitative estimate of drug-likeness (QED) is 0.108. The highest BCUT2D eigenvalue weighted by atomic mass is 35.5. The van der Waals surface area contributed by atoms with E-state index >= 15 is 0 Å². The zero-order valence-corrected chi connectivity index (χ0v) is 27.5. The molecule has 2 heterocycles. The van der Waals surface area contributed by atoms with Gasteiger partial charge in [0.05, 0.1) is 16.1 Å². The van der Waals surface area contributed by atoms with E-state index in [0.717, 1.165) is 17.0 Å². The fourth-order valence-corrected chi connectivity index (χ4v) is 7.23. The van der Waals surface area contributed by atoms with Gasteiger partial charge in [-0.1, -0.05) is 48.0 Å². The predicted octanol–water partition coefficient (Wildman–Crippen LogP) is 7.23. The lowest BCUT2D eigenvalue weighted by molar-refractivity contribution is -0.137. The third kappa shape index (κ3) is 7.42. The Bertz CT molecular complexity index is 1840. The van der Waals surface area contributed by atoms with E-state index in [0.29, 0.717) is 11.1 Å². The number of hydrogen-bond donors (Lipinski definition) is 0. The molecule has 5 rings (SSSR count). The second-order valence-electron chi connectivity index (χ2n) is 10.4. The maximum atomic E-state index is 13.9. The van der Waals surface area contributed by atoms with Gasteiger partial charge in [0.2, 0.25) is 10.0 Å². The Morgan fingerprint density at radius 2 is 1.30 bits per heavy atom. The van der Waals surface area contributed by atoms with Gasteiger partial charge in [-0.3, -0.25) is 9.59 Å². The van der Waals surface area contributed by atoms with Crippen molar-refractivity contribution in [3.8, 4) is 0 Å². The number of aromatic nitrogens is 1. The van der Waals surface area contributed by atoms with Crippen LogP contribution in [-0.2, 0) is 28.0 Å². The average Bonchev–Trinajstić information content (AvgIpc) is 3.07. The zero-order valence-electron chi connectivity index (χ0n) is 24.4. The highest BCUT2D eigenvalue weighted by Crippen LogP contribution is 2.33. The first-order valence-electron chi connectivity index (χ1n) is 14.1. The van der Waals surface area contributed by atoms with E-state index in [4.69, 9.17) is 34.8 Å². The summed E-state index contributed by atoms with van der Waals surface area (Å²) in [6, 6.07) is 20.1. The number of pyridine rings is 1. The lowest BCUT2D eigenvalue weighted by Gasteiger charge is -2.35. The van der Waals surface area contributed by atoms with Gasteiger partial charge in [0, 0.05) is 49.1 Å². The fourth-order valence-electron chi connectivity index (χ4n) is 5.14. The number of nitrogens with zero attached hydrogens (tertiary/aromatic N) is 4. The molecule has 1 aliphatic heterocycles. The van der Waals surface area contributed by atoms with Gasteiger partial charge in [-0.25, -0.2) is 18.3 Å². The van der Waals surface area contributed by atoms with Crippen LogP contribution in [0.5, 0.6) is 0 Å². The monoisotopic (exact) mass is 724 g/mol. The molecule has 47 heavy (non-hydrogen) atoms. The standard InChI is InChI=1S/C32H26Cl3F3N4O4S/c33-19-21-5-1-3-7-26(21)30(43)42(31(44)27-8-4-2-6-22(27)20-34)24-9-11-25(12-10-24)47(45,46)41-15-13-40(14-16-41)29-18-23(32(36,37)38)17-28(35)39-29/h1-12,17-18H,13-16,19-20H2. The van der Waals surface area contributed by atoms with Crippen molar-refractivity contribution in [2.45, 2.75) is 22.8 Å². The Morgan fingerprint density at radius 3 is 1.79 bits per heavy atom. The van der Waals surface area contributed by atoms with Crippen molar-refractivity contribution in [1.82, 2.24) is 9.29 Å². The number of alkyl halides is 5. The average molecular weight is 726 g/mol. The molecule has 3 aromatic carbocycles. The molecule has 0 N–H and O–H groups in total. The van der Waals surface area contributed by atoms with E-state index in [9.17, 15) is 31.2 Å². The first-order valence-corrected chi connectivity index (χ1v) is 17.0. The van der Waals surface area contributed by atoms with Crippen LogP contribution in [-0.4, -0.2) is 55.7 Å². The highest BCUT2D eigenvalue weighted by Gasteiger charge is 2.34. The van der Waals surface area contributed by atoms with Crippen LogP contribution in [0.3, 0.4) is 0 Å². The highest BCUT2D eigenvalue weighted by molar-refractivity contribution is 7.89. The maximum Gasteiger partial charge on any atom is 0.416 e. The van der Waals surface area contributed by atoms with Gasteiger partial charge in [0.25, 0.3) is 11.8 Å². The zero-order chi connectivity index (χ0) is 33.9. The number of carbonyl (C=O) groups excluding carboxylic acids is 2. The summed E-state index contributed by atoms with van der Waals surface area (Å²) in [7, 11) is -4.06. The molecule has 8 nitrogen and oxygen atoms in total. The molecule has 0 radical (unpaired) electrons. The molecule has 0 unspecified atom stereocenters. The van der Waals surface area contributed by atoms with Gasteiger partial charge in [0.1, 0.15) is 11.0 Å². The van der Waals surface area contributed by atoms with Gasteiger partial charge >= 0.3 is 6.18 Å². The molecule has 1 aromatic heterocycles. The van der Waals surface area contributed by atoms with Crippen LogP contribution in [0.4, 0.5) is 24.7 Å². The first kappa shape index (κ1) is 34.6. The van der Waals surface area contributed by atoms with E-state index in [-0.39, 0.29) is 70.6 Å². The molecule has 0 aliphatic carbocycles. The maximum absolute atomic E-state index is 13.9. The van der Waals surface area contributed by atoms with E-state index in [1.807, 2.05) is 0 Å². The molecule has 0 spiro atoms. The lowest BCUT2D eigenvalue weighted by Crippen LogP contribution is -2.49. The van der Waals surface area contributed by atoms with Crippen molar-refractivity contribution >= 4 is 68.1 Å². The van der Waals surface area contributed by atoms with Gasteiger partial charge in [-0.05, 0) is 59.7 Å². The predicted molar refractivity (Wildman–Crippen MR) is 175 cm³/mol. The molecule has 246 valence electrons. The molecule has 0 atom stereocenters. The van der Waals surface area contributed by atoms with Crippen LogP contribution in [0.25, 0.3) is 0 Å². The molecule has 4 aromatic rings. The van der Waals surface area contributed by atoms with Crippen molar-refractivity contribution in [3.63, 3.8) is 0 Å². The Kier molecular flexibility index (Phi) is 10.5. The number of halogens is 6. The van der Waals surface area contributed by atoms with Crippen molar-refractivity contribution < 1.29 is 31.2 Å². The molecule has 2 amide bonds. The molecule has 15 heteroatoms. The van der Waals surface area contributed by atoms with Gasteiger partial charge in [0.15, 0.2) is 0 Å². The largest absolute Gasteiger partial charge is 0.416 e. The Hall–Kier alpha value is -3.68. The fraction of sp³-hybridized carbons (Fsp3) is 0.219. The molecule has 0 saturated carbocycles. The lowest BCUT2D eigenvalue weighted by atomic mass is 10.0. The third-order valence-corrected chi connectivity index (χ3v) is 10.3. The van der Waals surface area contributed by atoms with Crippen molar-refractivity contribution in [2.75, 3.05) is 36.0 Å². The summed E-state index contributed by atoms with van der Waals surface area (Å²) in [5.41, 5.74) is 0.568. The topological polar surface area (TPSA) is 90.9 Å². The number of anilines is 2. The number of benzene rings is 3. The van der Waals surface area contributed by atoms with Gasteiger partial charge in [-0.2, -0.15) is 17.5 Å². The van der Waals surface area contributed by atoms with Crippen LogP contribution in [0.2, 0.25) is 5.15 Å². The minimum atomic E-state index is -4.62. The normalized spacial score (nSPS) is 14.2. The summed E-state index contributed by atoms with van der Waals surface area (Å²) in [5.74, 6) is -1.30. The second kappa shape index (κ2) is 14.2. The number of imide groups is 1. The molecule has 1 fully saturated rings. The number of sulfonamides is 1. The van der Waals surface area contributed by atoms with Gasteiger partial charge in [-0.15, -0.1) is 23.2 Å². The molecule has 0 bridgehead atoms. The minimum Gasteiger partial charge on any atom is -0.354 e. The number of carbonyl (C=O) groups is 2. The number of rotatable bonds is 8. The minimum absolute atomic E-state index is 0.00728. The number of amides is 2. The van der Waals surface area contributed by atoms with Crippen molar-refractivity contribution in [3.05, 3.63) is 118 Å². The van der Waals surface area contributed by atoms with Crippen LogP contribution < -0.4 is 9.80 Å². The molecule has 1 aliphatic rings. The van der Waals surface area contributed by atoms with E-state index in [2.05, 4.69) is 4.98 Å². The van der Waals surface area contributed by atoms with Gasteiger partial charge < -0.3 is 4.90 Å². The van der Waals surface area contributed by atoms with Crippen LogP contribution in [0.1, 0.15) is 37.4 Å². The smallest absolute Gasteiger partial charge is 0.354 e. The van der Waals surface area contributed by atoms with Crippen molar-refractivity contribution in [1.29, 1.82) is 0 Å². The van der Waals surface area contributed by atoms with E-state index in [1.165, 1.54) is 33.5 Å².